The number of nitrogens with one attached hydrogen (secondary N) is 1. The Bertz CT molecular complexity index is 738. The molecule has 1 saturated heterocycles. The van der Waals surface area contributed by atoms with Crippen LogP contribution in [0.1, 0.15) is 61.7 Å². The van der Waals surface area contributed by atoms with E-state index in [-0.39, 0.29) is 16.8 Å². The molecule has 1 N–H and O–H groups in total. The number of fused-ring (bicyclic) bond motifs is 1. The van der Waals surface area contributed by atoms with Crippen molar-refractivity contribution in [3.8, 4) is 0 Å². The van der Waals surface area contributed by atoms with E-state index in [1.165, 1.54) is 25.7 Å². The van der Waals surface area contributed by atoms with Gasteiger partial charge in [-0.3, -0.25) is 4.79 Å². The molecule has 4 rings (SSSR count). The number of piperidine rings is 1. The number of nitrogens with zero attached hydrogens (tertiary/aromatic N) is 1. The lowest BCUT2D eigenvalue weighted by Gasteiger charge is -2.44. The molecule has 0 spiro atoms. The minimum absolute atomic E-state index is 0.0516. The standard InChI is InChI=1S/C19H26N2O3S/c22-19(21-13-3-5-14-4-1-2-6-18(14)21)15-7-11-17(12-8-15)25(23,24)20-16-9-10-16/h7-8,11-12,14,16,18,20H,1-6,9-10,13H2. The molecule has 2 saturated carbocycles. The summed E-state index contributed by atoms with van der Waals surface area (Å²) in [6.07, 6.45) is 8.95. The molecule has 5 nitrogen and oxygen atoms in total. The first-order valence-electron chi connectivity index (χ1n) is 9.48. The Hall–Kier alpha value is -1.40. The van der Waals surface area contributed by atoms with Crippen molar-refractivity contribution in [2.75, 3.05) is 6.54 Å². The number of likely N-dealkylation sites (tertiary alicyclic amines) is 1. The van der Waals surface area contributed by atoms with Crippen LogP contribution in [-0.4, -0.2) is 37.9 Å². The van der Waals surface area contributed by atoms with Crippen LogP contribution >= 0.6 is 0 Å². The summed E-state index contributed by atoms with van der Waals surface area (Å²) in [5.41, 5.74) is 0.594. The van der Waals surface area contributed by atoms with Gasteiger partial charge < -0.3 is 4.90 Å². The predicted molar refractivity (Wildman–Crippen MR) is 95.8 cm³/mol. The van der Waals surface area contributed by atoms with Crippen LogP contribution in [0.3, 0.4) is 0 Å². The third kappa shape index (κ3) is 3.60. The normalized spacial score (nSPS) is 27.0. The zero-order valence-electron chi connectivity index (χ0n) is 14.5. The van der Waals surface area contributed by atoms with Gasteiger partial charge in [-0.15, -0.1) is 0 Å². The van der Waals surface area contributed by atoms with E-state index in [1.54, 1.807) is 24.3 Å². The first kappa shape index (κ1) is 17.0. The van der Waals surface area contributed by atoms with Crippen LogP contribution in [0.25, 0.3) is 0 Å². The van der Waals surface area contributed by atoms with Crippen molar-refractivity contribution >= 4 is 15.9 Å². The Morgan fingerprint density at radius 3 is 2.36 bits per heavy atom. The molecular weight excluding hydrogens is 336 g/mol. The second-order valence-corrected chi connectivity index (χ2v) is 9.39. The summed E-state index contributed by atoms with van der Waals surface area (Å²) in [4.78, 5) is 15.2. The first-order valence-corrected chi connectivity index (χ1v) is 11.0. The molecule has 2 unspecified atom stereocenters. The molecule has 2 aliphatic carbocycles. The Morgan fingerprint density at radius 2 is 1.64 bits per heavy atom. The lowest BCUT2D eigenvalue weighted by atomic mass is 9.78. The summed E-state index contributed by atoms with van der Waals surface area (Å²) < 4.78 is 27.2. The second kappa shape index (κ2) is 6.72. The quantitative estimate of drug-likeness (QED) is 0.895. The van der Waals surface area contributed by atoms with E-state index >= 15 is 0 Å². The van der Waals surface area contributed by atoms with Crippen LogP contribution < -0.4 is 4.72 Å². The summed E-state index contributed by atoms with van der Waals surface area (Å²) in [5.74, 6) is 0.699. The molecule has 25 heavy (non-hydrogen) atoms. The highest BCUT2D eigenvalue weighted by molar-refractivity contribution is 7.89. The van der Waals surface area contributed by atoms with E-state index in [4.69, 9.17) is 0 Å². The molecule has 1 amide bonds. The molecule has 6 heteroatoms. The molecule has 1 aromatic carbocycles. The van der Waals surface area contributed by atoms with Crippen LogP contribution in [0.15, 0.2) is 29.2 Å². The van der Waals surface area contributed by atoms with Gasteiger partial charge in [0, 0.05) is 24.2 Å². The van der Waals surface area contributed by atoms with Crippen LogP contribution in [0, 0.1) is 5.92 Å². The van der Waals surface area contributed by atoms with Crippen LogP contribution in [-0.2, 0) is 10.0 Å². The lowest BCUT2D eigenvalue weighted by Crippen LogP contribution is -2.49. The van der Waals surface area contributed by atoms with Crippen molar-refractivity contribution < 1.29 is 13.2 Å². The highest BCUT2D eigenvalue weighted by Gasteiger charge is 2.36. The minimum atomic E-state index is -3.46. The average Bonchev–Trinajstić information content (AvgIpc) is 3.44. The van der Waals surface area contributed by atoms with Crippen molar-refractivity contribution in [2.45, 2.75) is 68.3 Å². The van der Waals surface area contributed by atoms with Gasteiger partial charge in [-0.2, -0.15) is 0 Å². The molecule has 3 fully saturated rings. The Labute approximate surface area is 149 Å². The molecule has 2 atom stereocenters. The topological polar surface area (TPSA) is 66.5 Å². The summed E-state index contributed by atoms with van der Waals surface area (Å²) in [6, 6.07) is 6.89. The molecule has 0 aromatic heterocycles. The lowest BCUT2D eigenvalue weighted by molar-refractivity contribution is 0.0390. The monoisotopic (exact) mass is 362 g/mol. The zero-order valence-corrected chi connectivity index (χ0v) is 15.3. The second-order valence-electron chi connectivity index (χ2n) is 7.67. The van der Waals surface area contributed by atoms with Gasteiger partial charge in [-0.25, -0.2) is 13.1 Å². The number of hydrogen-bond acceptors (Lipinski definition) is 3. The van der Waals surface area contributed by atoms with E-state index in [0.717, 1.165) is 32.2 Å². The van der Waals surface area contributed by atoms with Gasteiger partial charge >= 0.3 is 0 Å². The largest absolute Gasteiger partial charge is 0.335 e. The molecule has 3 aliphatic rings. The van der Waals surface area contributed by atoms with E-state index in [2.05, 4.69) is 4.72 Å². The van der Waals surface area contributed by atoms with Gasteiger partial charge in [0.05, 0.1) is 4.90 Å². The molecule has 1 aromatic rings. The number of hydrogen-bond donors (Lipinski definition) is 1. The number of amides is 1. The molecule has 1 heterocycles. The summed E-state index contributed by atoms with van der Waals surface area (Å²) >= 11 is 0. The first-order chi connectivity index (χ1) is 12.0. The molecule has 1 aliphatic heterocycles. The fraction of sp³-hybridized carbons (Fsp3) is 0.632. The minimum Gasteiger partial charge on any atom is -0.335 e. The molecule has 136 valence electrons. The van der Waals surface area contributed by atoms with E-state index in [0.29, 0.717) is 17.5 Å². The number of carbonyl (C=O) groups excluding carboxylic acids is 1. The number of benzene rings is 1. The summed E-state index contributed by atoms with van der Waals surface area (Å²) in [5, 5.41) is 0. The van der Waals surface area contributed by atoms with Crippen molar-refractivity contribution in [3.63, 3.8) is 0 Å². The number of rotatable bonds is 4. The van der Waals surface area contributed by atoms with Gasteiger partial charge in [-0.05, 0) is 68.7 Å². The van der Waals surface area contributed by atoms with Crippen LogP contribution in [0.2, 0.25) is 0 Å². The zero-order chi connectivity index (χ0) is 17.4. The average molecular weight is 362 g/mol. The van der Waals surface area contributed by atoms with E-state index < -0.39 is 10.0 Å². The maximum atomic E-state index is 13.0. The van der Waals surface area contributed by atoms with Gasteiger partial charge in [-0.1, -0.05) is 12.8 Å². The third-order valence-electron chi connectivity index (χ3n) is 5.81. The third-order valence-corrected chi connectivity index (χ3v) is 7.35. The van der Waals surface area contributed by atoms with Crippen molar-refractivity contribution in [2.24, 2.45) is 5.92 Å². The number of carbonyl (C=O) groups is 1. The molecule has 0 radical (unpaired) electrons. The van der Waals surface area contributed by atoms with Gasteiger partial charge in [0.2, 0.25) is 10.0 Å². The molecule has 0 bridgehead atoms. The Kier molecular flexibility index (Phi) is 4.58. The maximum absolute atomic E-state index is 13.0. The van der Waals surface area contributed by atoms with Crippen LogP contribution in [0.5, 0.6) is 0 Å². The molecular formula is C19H26N2O3S. The van der Waals surface area contributed by atoms with Gasteiger partial charge in [0.1, 0.15) is 0 Å². The van der Waals surface area contributed by atoms with Crippen molar-refractivity contribution in [3.05, 3.63) is 29.8 Å². The summed E-state index contributed by atoms with van der Waals surface area (Å²) in [7, 11) is -3.46. The predicted octanol–water partition coefficient (Wildman–Crippen LogP) is 2.92. The maximum Gasteiger partial charge on any atom is 0.254 e. The van der Waals surface area contributed by atoms with Crippen molar-refractivity contribution in [1.82, 2.24) is 9.62 Å². The van der Waals surface area contributed by atoms with Crippen LogP contribution in [0.4, 0.5) is 0 Å². The Balaban J connectivity index is 1.50. The Morgan fingerprint density at radius 1 is 0.960 bits per heavy atom. The van der Waals surface area contributed by atoms with E-state index in [1.807, 2.05) is 4.90 Å². The number of sulfonamides is 1. The van der Waals surface area contributed by atoms with E-state index in [9.17, 15) is 13.2 Å². The van der Waals surface area contributed by atoms with Gasteiger partial charge in [0.25, 0.3) is 5.91 Å². The SMILES string of the molecule is O=C(c1ccc(S(=O)(=O)NC2CC2)cc1)N1CCCC2CCCCC21. The fourth-order valence-electron chi connectivity index (χ4n) is 4.31. The van der Waals surface area contributed by atoms with Gasteiger partial charge in [0.15, 0.2) is 0 Å². The summed E-state index contributed by atoms with van der Waals surface area (Å²) in [6.45, 7) is 0.823. The fourth-order valence-corrected chi connectivity index (χ4v) is 5.61. The van der Waals surface area contributed by atoms with Crippen molar-refractivity contribution in [1.29, 1.82) is 0 Å². The smallest absolute Gasteiger partial charge is 0.254 e. The highest BCUT2D eigenvalue weighted by Crippen LogP contribution is 2.36. The highest BCUT2D eigenvalue weighted by atomic mass is 32.2.